The summed E-state index contributed by atoms with van der Waals surface area (Å²) < 4.78 is 28.0. The number of hydrogen-bond donors (Lipinski definition) is 1. The van der Waals surface area contributed by atoms with Crippen molar-refractivity contribution in [1.82, 2.24) is 19.3 Å². The van der Waals surface area contributed by atoms with Crippen LogP contribution in [0.1, 0.15) is 11.1 Å². The van der Waals surface area contributed by atoms with Gasteiger partial charge >= 0.3 is 0 Å². The van der Waals surface area contributed by atoms with Crippen molar-refractivity contribution in [2.75, 3.05) is 0 Å². The second-order valence-electron chi connectivity index (χ2n) is 4.08. The molecule has 0 saturated carbocycles. The molecule has 8 heteroatoms. The average molecular weight is 301 g/mol. The molecule has 2 aromatic heterocycles. The van der Waals surface area contributed by atoms with Crippen LogP contribution in [0, 0.1) is 6.92 Å². The van der Waals surface area contributed by atoms with E-state index in [0.29, 0.717) is 0 Å². The molecule has 0 amide bonds. The Bertz CT molecular complexity index is 696. The van der Waals surface area contributed by atoms with Gasteiger partial charge in [-0.1, -0.05) is 11.6 Å². The molecule has 2 aromatic rings. The third kappa shape index (κ3) is 2.94. The van der Waals surface area contributed by atoms with Crippen molar-refractivity contribution >= 4 is 21.6 Å². The van der Waals surface area contributed by atoms with Gasteiger partial charge in [-0.15, -0.1) is 0 Å². The molecule has 0 aliphatic heterocycles. The Hall–Kier alpha value is -1.44. The highest BCUT2D eigenvalue weighted by molar-refractivity contribution is 7.89. The maximum Gasteiger partial charge on any atom is 0.261 e. The summed E-state index contributed by atoms with van der Waals surface area (Å²) in [5, 5.41) is -0.0892. The van der Waals surface area contributed by atoms with Crippen LogP contribution in [0.5, 0.6) is 0 Å². The molecule has 0 spiro atoms. The van der Waals surface area contributed by atoms with E-state index in [1.54, 1.807) is 19.4 Å². The Morgan fingerprint density at radius 3 is 2.79 bits per heavy atom. The van der Waals surface area contributed by atoms with E-state index in [1.165, 1.54) is 10.9 Å². The van der Waals surface area contributed by atoms with E-state index in [1.807, 2.05) is 13.0 Å². The van der Waals surface area contributed by atoms with E-state index in [2.05, 4.69) is 14.7 Å². The van der Waals surface area contributed by atoms with Crippen LogP contribution >= 0.6 is 11.6 Å². The highest BCUT2D eigenvalue weighted by atomic mass is 35.5. The molecule has 19 heavy (non-hydrogen) atoms. The molecule has 102 valence electrons. The van der Waals surface area contributed by atoms with E-state index in [0.717, 1.165) is 11.1 Å². The quantitative estimate of drug-likeness (QED) is 0.922. The summed E-state index contributed by atoms with van der Waals surface area (Å²) in [7, 11) is -2.10. The van der Waals surface area contributed by atoms with Gasteiger partial charge in [0.2, 0.25) is 5.03 Å². The molecular formula is C11H13ClN4O2S. The van der Waals surface area contributed by atoms with Crippen LogP contribution in [0.4, 0.5) is 0 Å². The van der Waals surface area contributed by atoms with Crippen LogP contribution in [0.2, 0.25) is 5.15 Å². The normalized spacial score (nSPS) is 11.7. The van der Waals surface area contributed by atoms with Gasteiger partial charge < -0.3 is 4.57 Å². The van der Waals surface area contributed by atoms with Gasteiger partial charge in [0.05, 0.1) is 6.33 Å². The number of hydrogen-bond acceptors (Lipinski definition) is 4. The smallest absolute Gasteiger partial charge is 0.261 e. The minimum atomic E-state index is -3.73. The first-order valence-corrected chi connectivity index (χ1v) is 7.34. The van der Waals surface area contributed by atoms with E-state index >= 15 is 0 Å². The van der Waals surface area contributed by atoms with Crippen LogP contribution in [-0.4, -0.2) is 23.0 Å². The number of pyridine rings is 1. The molecule has 0 saturated heterocycles. The fourth-order valence-electron chi connectivity index (χ4n) is 1.50. The number of nitrogens with one attached hydrogen (secondary N) is 1. The lowest BCUT2D eigenvalue weighted by Gasteiger charge is -2.07. The van der Waals surface area contributed by atoms with Crippen molar-refractivity contribution in [3.05, 3.63) is 41.1 Å². The predicted octanol–water partition coefficient (Wildman–Crippen LogP) is 1.26. The molecule has 0 radical (unpaired) electrons. The lowest BCUT2D eigenvalue weighted by molar-refractivity contribution is 0.578. The zero-order valence-electron chi connectivity index (χ0n) is 10.5. The number of rotatable bonds is 4. The Balaban J connectivity index is 2.19. The Labute approximate surface area is 116 Å². The molecule has 0 aliphatic carbocycles. The topological polar surface area (TPSA) is 76.9 Å². The fraction of sp³-hybridized carbons (Fsp3) is 0.273. The number of imidazole rings is 1. The van der Waals surface area contributed by atoms with Crippen LogP contribution in [0.15, 0.2) is 29.8 Å². The maximum absolute atomic E-state index is 12.1. The highest BCUT2D eigenvalue weighted by Crippen LogP contribution is 2.18. The van der Waals surface area contributed by atoms with Crippen molar-refractivity contribution in [2.45, 2.75) is 18.5 Å². The number of aryl methyl sites for hydroxylation is 2. The van der Waals surface area contributed by atoms with Gasteiger partial charge in [0.1, 0.15) is 5.15 Å². The van der Waals surface area contributed by atoms with Crippen LogP contribution < -0.4 is 4.72 Å². The van der Waals surface area contributed by atoms with E-state index in [9.17, 15) is 8.42 Å². The number of aromatic nitrogens is 3. The zero-order chi connectivity index (χ0) is 14.0. The van der Waals surface area contributed by atoms with Crippen molar-refractivity contribution in [2.24, 2.45) is 7.05 Å². The minimum absolute atomic E-state index is 0.0791. The Morgan fingerprint density at radius 1 is 1.47 bits per heavy atom. The monoisotopic (exact) mass is 300 g/mol. The third-order valence-corrected chi connectivity index (χ3v) is 4.58. The second-order valence-corrected chi connectivity index (χ2v) is 6.12. The standard InChI is InChI=1S/C11H13ClN4O2S/c1-8-3-4-13-5-9(8)6-15-19(17,18)11-10(12)16(2)7-14-11/h3-5,7,15H,6H2,1-2H3. The molecule has 0 bridgehead atoms. The van der Waals surface area contributed by atoms with Crippen molar-refractivity contribution in [3.8, 4) is 0 Å². The maximum atomic E-state index is 12.1. The third-order valence-electron chi connectivity index (χ3n) is 2.69. The Morgan fingerprint density at radius 2 is 2.21 bits per heavy atom. The van der Waals surface area contributed by atoms with E-state index < -0.39 is 10.0 Å². The van der Waals surface area contributed by atoms with Gasteiger partial charge in [-0.3, -0.25) is 4.98 Å². The van der Waals surface area contributed by atoms with Gasteiger partial charge in [-0.05, 0) is 24.1 Å². The second kappa shape index (κ2) is 5.28. The molecule has 0 fully saturated rings. The fourth-order valence-corrected chi connectivity index (χ4v) is 2.93. The number of sulfonamides is 1. The molecule has 0 atom stereocenters. The van der Waals surface area contributed by atoms with Crippen LogP contribution in [0.3, 0.4) is 0 Å². The zero-order valence-corrected chi connectivity index (χ0v) is 12.0. The number of halogens is 1. The summed E-state index contributed by atoms with van der Waals surface area (Å²) in [6, 6.07) is 1.82. The van der Waals surface area contributed by atoms with Gasteiger partial charge in [0.25, 0.3) is 10.0 Å². The predicted molar refractivity (Wildman–Crippen MR) is 71.2 cm³/mol. The van der Waals surface area contributed by atoms with Gasteiger partial charge in [0, 0.05) is 26.0 Å². The van der Waals surface area contributed by atoms with E-state index in [-0.39, 0.29) is 16.7 Å². The van der Waals surface area contributed by atoms with Gasteiger partial charge in [0.15, 0.2) is 0 Å². The SMILES string of the molecule is Cc1ccncc1CNS(=O)(=O)c1ncn(C)c1Cl. The molecular weight excluding hydrogens is 288 g/mol. The summed E-state index contributed by atoms with van der Waals surface area (Å²) in [6.45, 7) is 2.04. The lowest BCUT2D eigenvalue weighted by atomic mass is 10.2. The molecule has 2 rings (SSSR count). The molecule has 0 aliphatic rings. The summed E-state index contributed by atoms with van der Waals surface area (Å²) in [6.07, 6.45) is 4.63. The van der Waals surface area contributed by atoms with Crippen molar-refractivity contribution in [1.29, 1.82) is 0 Å². The first kappa shape index (κ1) is 14.0. The van der Waals surface area contributed by atoms with Crippen LogP contribution in [0.25, 0.3) is 0 Å². The first-order chi connectivity index (χ1) is 8.92. The summed E-state index contributed by atoms with van der Waals surface area (Å²) in [4.78, 5) is 7.75. The molecule has 6 nitrogen and oxygen atoms in total. The van der Waals surface area contributed by atoms with Crippen molar-refractivity contribution < 1.29 is 8.42 Å². The average Bonchev–Trinajstić information content (AvgIpc) is 2.70. The lowest BCUT2D eigenvalue weighted by Crippen LogP contribution is -2.24. The highest BCUT2D eigenvalue weighted by Gasteiger charge is 2.22. The largest absolute Gasteiger partial charge is 0.324 e. The van der Waals surface area contributed by atoms with Crippen LogP contribution in [-0.2, 0) is 23.6 Å². The number of nitrogens with zero attached hydrogens (tertiary/aromatic N) is 3. The summed E-state index contributed by atoms with van der Waals surface area (Å²) in [5.41, 5.74) is 1.77. The molecule has 0 unspecified atom stereocenters. The Kier molecular flexibility index (Phi) is 3.88. The first-order valence-electron chi connectivity index (χ1n) is 5.48. The van der Waals surface area contributed by atoms with E-state index in [4.69, 9.17) is 11.6 Å². The molecule has 2 heterocycles. The van der Waals surface area contributed by atoms with Gasteiger partial charge in [-0.2, -0.15) is 0 Å². The van der Waals surface area contributed by atoms with Crippen molar-refractivity contribution in [3.63, 3.8) is 0 Å². The minimum Gasteiger partial charge on any atom is -0.324 e. The summed E-state index contributed by atoms with van der Waals surface area (Å²) >= 11 is 5.88. The molecule has 1 N–H and O–H groups in total. The summed E-state index contributed by atoms with van der Waals surface area (Å²) in [5.74, 6) is 0. The van der Waals surface area contributed by atoms with Gasteiger partial charge in [-0.25, -0.2) is 18.1 Å². The molecule has 0 aromatic carbocycles.